The molecule has 144 valence electrons. The average molecular weight is 378 g/mol. The number of hydrogen-bond acceptors (Lipinski definition) is 5. The molecule has 4 atom stereocenters. The van der Waals surface area contributed by atoms with Crippen molar-refractivity contribution in [2.45, 2.75) is 32.2 Å². The Kier molecular flexibility index (Phi) is 3.92. The van der Waals surface area contributed by atoms with Crippen molar-refractivity contribution in [2.24, 2.45) is 23.5 Å². The lowest BCUT2D eigenvalue weighted by atomic mass is 9.84. The van der Waals surface area contributed by atoms with E-state index in [2.05, 4.69) is 25.6 Å². The van der Waals surface area contributed by atoms with Gasteiger partial charge in [-0.2, -0.15) is 4.98 Å². The van der Waals surface area contributed by atoms with Gasteiger partial charge in [0, 0.05) is 11.7 Å². The lowest BCUT2D eigenvalue weighted by Gasteiger charge is -2.29. The highest BCUT2D eigenvalue weighted by Gasteiger charge is 2.50. The monoisotopic (exact) mass is 378 g/mol. The van der Waals surface area contributed by atoms with E-state index in [0.717, 1.165) is 36.0 Å². The summed E-state index contributed by atoms with van der Waals surface area (Å²) in [4.78, 5) is 27.6. The number of nitrogens with one attached hydrogen (secondary N) is 4. The number of carbonyl (C=O) groups excluding carboxylic acids is 1. The molecule has 2 fully saturated rings. The number of anilines is 3. The zero-order chi connectivity index (χ0) is 19.3. The van der Waals surface area contributed by atoms with Gasteiger partial charge in [-0.3, -0.25) is 9.78 Å². The number of aromatic amines is 2. The molecule has 2 aliphatic rings. The molecule has 8 heteroatoms. The van der Waals surface area contributed by atoms with Gasteiger partial charge < -0.3 is 16.4 Å². The molecule has 2 saturated carbocycles. The molecule has 0 aliphatic heterocycles. The number of benzene rings is 1. The van der Waals surface area contributed by atoms with Crippen molar-refractivity contribution >= 4 is 34.5 Å². The normalized spacial score (nSPS) is 25.9. The Labute approximate surface area is 162 Å². The number of aryl methyl sites for hydroxylation is 1. The first kappa shape index (κ1) is 17.0. The third kappa shape index (κ3) is 2.85. The lowest BCUT2D eigenvalue weighted by molar-refractivity contribution is -0.347. The van der Waals surface area contributed by atoms with Crippen molar-refractivity contribution in [1.82, 2.24) is 15.0 Å². The Bertz CT molecular complexity index is 1050. The molecule has 3 aromatic rings. The van der Waals surface area contributed by atoms with Crippen LogP contribution < -0.4 is 21.4 Å². The van der Waals surface area contributed by atoms with Crippen LogP contribution in [-0.2, 0) is 4.79 Å². The zero-order valence-electron chi connectivity index (χ0n) is 15.7. The summed E-state index contributed by atoms with van der Waals surface area (Å²) in [6.07, 6.45) is 5.01. The van der Waals surface area contributed by atoms with Gasteiger partial charge in [-0.05, 0) is 55.7 Å². The summed E-state index contributed by atoms with van der Waals surface area (Å²) in [6.45, 7) is 2.04. The van der Waals surface area contributed by atoms with E-state index in [1.807, 2.05) is 31.2 Å². The first-order valence-corrected chi connectivity index (χ1v) is 9.75. The number of nitrogens with zero attached hydrogens (tertiary/aromatic N) is 2. The van der Waals surface area contributed by atoms with Gasteiger partial charge in [0.2, 0.25) is 11.4 Å². The van der Waals surface area contributed by atoms with Crippen molar-refractivity contribution in [2.75, 3.05) is 10.6 Å². The maximum Gasteiger partial charge on any atom is 0.307 e. The van der Waals surface area contributed by atoms with E-state index >= 15 is 0 Å². The quantitative estimate of drug-likeness (QED) is 0.542. The summed E-state index contributed by atoms with van der Waals surface area (Å²) in [7, 11) is 0. The smallest absolute Gasteiger partial charge is 0.307 e. The van der Waals surface area contributed by atoms with Crippen LogP contribution in [0.3, 0.4) is 0 Å². The Hall–Kier alpha value is -3.16. The molecule has 28 heavy (non-hydrogen) atoms. The highest BCUT2D eigenvalue weighted by molar-refractivity contribution is 5.84. The fourth-order valence-electron chi connectivity index (χ4n) is 4.96. The highest BCUT2D eigenvalue weighted by Crippen LogP contribution is 2.49. The van der Waals surface area contributed by atoms with Crippen LogP contribution in [0.1, 0.15) is 24.8 Å². The fraction of sp³-hybridized carbons (Fsp3) is 0.400. The average Bonchev–Trinajstić information content (AvgIpc) is 3.37. The molecule has 1 amide bonds. The fourth-order valence-corrected chi connectivity index (χ4v) is 4.96. The number of fused-ring (bicyclic) bond motifs is 3. The van der Waals surface area contributed by atoms with Gasteiger partial charge in [-0.25, -0.2) is 4.98 Å². The van der Waals surface area contributed by atoms with Crippen molar-refractivity contribution in [1.29, 1.82) is 0 Å². The number of amides is 1. The van der Waals surface area contributed by atoms with E-state index in [1.165, 1.54) is 0 Å². The van der Waals surface area contributed by atoms with Crippen molar-refractivity contribution in [3.05, 3.63) is 36.2 Å². The van der Waals surface area contributed by atoms with Gasteiger partial charge in [0.05, 0.1) is 5.92 Å². The first-order chi connectivity index (χ1) is 13.6. The van der Waals surface area contributed by atoms with Crippen LogP contribution >= 0.6 is 0 Å². The third-order valence-corrected chi connectivity index (χ3v) is 6.16. The first-order valence-electron chi connectivity index (χ1n) is 9.75. The largest absolute Gasteiger partial charge is 0.369 e. The van der Waals surface area contributed by atoms with Crippen LogP contribution in [0.15, 0.2) is 30.6 Å². The second-order valence-corrected chi connectivity index (χ2v) is 7.98. The van der Waals surface area contributed by atoms with Crippen molar-refractivity contribution < 1.29 is 9.78 Å². The maximum absolute atomic E-state index is 12.1. The van der Waals surface area contributed by atoms with Gasteiger partial charge in [-0.15, -0.1) is 0 Å². The Morgan fingerprint density at radius 2 is 2.14 bits per heavy atom. The van der Waals surface area contributed by atoms with Crippen LogP contribution in [0.25, 0.3) is 11.2 Å². The molecule has 0 spiro atoms. The number of imidazole rings is 1. The van der Waals surface area contributed by atoms with Crippen LogP contribution in [0, 0.1) is 24.7 Å². The van der Waals surface area contributed by atoms with E-state index in [0.29, 0.717) is 29.2 Å². The third-order valence-electron chi connectivity index (χ3n) is 6.16. The van der Waals surface area contributed by atoms with E-state index in [4.69, 9.17) is 10.7 Å². The SMILES string of the molecule is Cc1cccc(Nc2nc(NC3C4CCC(C4)C3C(N)=O)c3[nH]c[nH+]c3n2)c1. The number of carbonyl (C=O) groups is 1. The molecule has 8 nitrogen and oxygen atoms in total. The van der Waals surface area contributed by atoms with Crippen LogP contribution in [0.4, 0.5) is 17.5 Å². The number of aromatic nitrogens is 4. The second-order valence-electron chi connectivity index (χ2n) is 7.98. The number of nitrogens with two attached hydrogens (primary N) is 1. The number of primary amides is 1. The predicted octanol–water partition coefficient (Wildman–Crippen LogP) is 2.14. The van der Waals surface area contributed by atoms with E-state index in [1.54, 1.807) is 6.33 Å². The van der Waals surface area contributed by atoms with Gasteiger partial charge in [0.25, 0.3) is 0 Å². The van der Waals surface area contributed by atoms with Crippen LogP contribution in [0.2, 0.25) is 0 Å². The topological polar surface area (TPSA) is 123 Å². The molecule has 1 aromatic carbocycles. The number of hydrogen-bond donors (Lipinski definition) is 4. The van der Waals surface area contributed by atoms with Crippen molar-refractivity contribution in [3.63, 3.8) is 0 Å². The summed E-state index contributed by atoms with van der Waals surface area (Å²) in [5.74, 6) is 1.67. The Balaban J connectivity index is 1.48. The van der Waals surface area contributed by atoms with Gasteiger partial charge in [0.15, 0.2) is 12.1 Å². The molecule has 2 bridgehead atoms. The minimum absolute atomic E-state index is 0.0180. The molecule has 2 aliphatic carbocycles. The number of rotatable bonds is 5. The molecule has 2 heterocycles. The highest BCUT2D eigenvalue weighted by atomic mass is 16.1. The standard InChI is InChI=1S/C20H23N7O/c1-10-3-2-4-13(7-10)24-20-26-18-16(22-9-23-18)19(27-20)25-15-12-6-5-11(8-12)14(15)17(21)28/h2-4,7,9,11-12,14-15H,5-6,8H2,1H3,(H2,21,28)(H3,22,23,24,25,26,27)/p+1. The summed E-state index contributed by atoms with van der Waals surface area (Å²) < 4.78 is 0. The predicted molar refractivity (Wildman–Crippen MR) is 106 cm³/mol. The number of H-pyrrole nitrogens is 2. The van der Waals surface area contributed by atoms with Gasteiger partial charge in [-0.1, -0.05) is 17.1 Å². The summed E-state index contributed by atoms with van der Waals surface area (Å²) >= 11 is 0. The lowest BCUT2D eigenvalue weighted by Crippen LogP contribution is -2.42. The molecular formula is C20H24N7O+. The van der Waals surface area contributed by atoms with Crippen LogP contribution in [-0.4, -0.2) is 26.9 Å². The molecule has 5 rings (SSSR count). The Morgan fingerprint density at radius 3 is 2.96 bits per heavy atom. The van der Waals surface area contributed by atoms with E-state index in [-0.39, 0.29) is 17.9 Å². The van der Waals surface area contributed by atoms with Gasteiger partial charge >= 0.3 is 11.6 Å². The molecular weight excluding hydrogens is 354 g/mol. The summed E-state index contributed by atoms with van der Waals surface area (Å²) in [5.41, 5.74) is 9.31. The molecule has 2 aromatic heterocycles. The van der Waals surface area contributed by atoms with Gasteiger partial charge in [0.1, 0.15) is 0 Å². The Morgan fingerprint density at radius 1 is 1.29 bits per heavy atom. The second kappa shape index (κ2) is 6.47. The minimum Gasteiger partial charge on any atom is -0.369 e. The molecule has 0 saturated heterocycles. The summed E-state index contributed by atoms with van der Waals surface area (Å²) in [5, 5.41) is 6.80. The van der Waals surface area contributed by atoms with Crippen molar-refractivity contribution in [3.8, 4) is 0 Å². The maximum atomic E-state index is 12.1. The summed E-state index contributed by atoms with van der Waals surface area (Å²) in [6, 6.07) is 8.07. The van der Waals surface area contributed by atoms with E-state index < -0.39 is 0 Å². The molecule has 6 N–H and O–H groups in total. The van der Waals surface area contributed by atoms with E-state index in [9.17, 15) is 4.79 Å². The van der Waals surface area contributed by atoms with Crippen LogP contribution in [0.5, 0.6) is 0 Å². The molecule has 0 radical (unpaired) electrons. The molecule has 4 unspecified atom stereocenters. The zero-order valence-corrected chi connectivity index (χ0v) is 15.7. The minimum atomic E-state index is -0.217.